The number of hydrogen-bond acceptors (Lipinski definition) is 4. The summed E-state index contributed by atoms with van der Waals surface area (Å²) in [4.78, 5) is 54.1. The summed E-state index contributed by atoms with van der Waals surface area (Å²) in [7, 11) is 0. The van der Waals surface area contributed by atoms with Crippen LogP contribution in [-0.2, 0) is 32.0 Å². The SMILES string of the molecule is CC(C)(C)C(=O)N1C(=O)C(C)(C)C[C@H]1Cc1ccc(-c2ccccc2)cc1.CC1C[C@@H](Cc2ccc(-c3ccccc3)cc2)N(C(=O)C(C)(C)C)C1=O. The molecule has 2 saturated heterocycles. The minimum Gasteiger partial charge on any atom is -0.278 e. The molecular formula is C47H56N2O4. The van der Waals surface area contributed by atoms with Crippen LogP contribution in [0.2, 0.25) is 0 Å². The normalized spacial score (nSPS) is 19.9. The summed E-state index contributed by atoms with van der Waals surface area (Å²) >= 11 is 0. The van der Waals surface area contributed by atoms with Gasteiger partial charge in [-0.05, 0) is 59.1 Å². The van der Waals surface area contributed by atoms with E-state index >= 15 is 0 Å². The predicted octanol–water partition coefficient (Wildman–Crippen LogP) is 9.80. The molecule has 2 aliphatic rings. The van der Waals surface area contributed by atoms with E-state index in [-0.39, 0.29) is 41.6 Å². The van der Waals surface area contributed by atoms with Gasteiger partial charge in [0, 0.05) is 34.2 Å². The van der Waals surface area contributed by atoms with E-state index in [0.29, 0.717) is 19.3 Å². The Bertz CT molecular complexity index is 1900. The van der Waals surface area contributed by atoms with E-state index in [1.807, 2.05) is 98.7 Å². The minimum absolute atomic E-state index is 0.0316. The summed E-state index contributed by atoms with van der Waals surface area (Å²) in [6.07, 6.45) is 2.86. The summed E-state index contributed by atoms with van der Waals surface area (Å²) in [6, 6.07) is 37.3. The highest BCUT2D eigenvalue weighted by Crippen LogP contribution is 2.39. The van der Waals surface area contributed by atoms with Crippen LogP contribution in [0.3, 0.4) is 0 Å². The Balaban J connectivity index is 0.000000204. The third-order valence-corrected chi connectivity index (χ3v) is 10.3. The number of likely N-dealkylation sites (tertiary alicyclic amines) is 2. The van der Waals surface area contributed by atoms with Gasteiger partial charge < -0.3 is 0 Å². The molecule has 0 radical (unpaired) electrons. The Labute approximate surface area is 316 Å². The largest absolute Gasteiger partial charge is 0.278 e. The van der Waals surface area contributed by atoms with Crippen LogP contribution in [0.4, 0.5) is 0 Å². The summed E-state index contributed by atoms with van der Waals surface area (Å²) in [5.74, 6) is -0.319. The van der Waals surface area contributed by atoms with Crippen molar-refractivity contribution in [1.29, 1.82) is 0 Å². The Hall–Kier alpha value is -4.84. The van der Waals surface area contributed by atoms with Crippen LogP contribution in [0.5, 0.6) is 0 Å². The molecule has 6 heteroatoms. The fraction of sp³-hybridized carbons (Fsp3) is 0.404. The molecule has 3 atom stereocenters. The number of rotatable bonds is 6. The molecule has 4 aromatic carbocycles. The van der Waals surface area contributed by atoms with Crippen LogP contribution >= 0.6 is 0 Å². The van der Waals surface area contributed by atoms with E-state index in [4.69, 9.17) is 0 Å². The average molecular weight is 713 g/mol. The molecule has 4 aromatic rings. The molecule has 2 aliphatic heterocycles. The second-order valence-electron chi connectivity index (χ2n) is 17.6. The van der Waals surface area contributed by atoms with E-state index < -0.39 is 16.2 Å². The van der Waals surface area contributed by atoms with Gasteiger partial charge in [-0.2, -0.15) is 0 Å². The molecule has 2 fully saturated rings. The molecule has 0 spiro atoms. The second kappa shape index (κ2) is 15.6. The second-order valence-corrected chi connectivity index (χ2v) is 17.6. The fourth-order valence-electron chi connectivity index (χ4n) is 7.35. The highest BCUT2D eigenvalue weighted by molar-refractivity contribution is 6.02. The molecule has 4 amide bonds. The quantitative estimate of drug-likeness (QED) is 0.200. The highest BCUT2D eigenvalue weighted by Gasteiger charge is 2.50. The van der Waals surface area contributed by atoms with Crippen LogP contribution in [-0.4, -0.2) is 45.5 Å². The third kappa shape index (κ3) is 9.22. The number of imide groups is 2. The lowest BCUT2D eigenvalue weighted by atomic mass is 9.88. The number of hydrogen-bond donors (Lipinski definition) is 0. The Morgan fingerprint density at radius 3 is 1.38 bits per heavy atom. The van der Waals surface area contributed by atoms with Crippen molar-refractivity contribution in [3.63, 3.8) is 0 Å². The average Bonchev–Trinajstić information content (AvgIpc) is 3.52. The van der Waals surface area contributed by atoms with E-state index in [1.54, 1.807) is 0 Å². The summed E-state index contributed by atoms with van der Waals surface area (Å²) in [5.41, 5.74) is 5.42. The molecule has 0 aliphatic carbocycles. The van der Waals surface area contributed by atoms with Crippen LogP contribution in [0, 0.1) is 22.2 Å². The molecule has 0 saturated carbocycles. The molecule has 0 N–H and O–H groups in total. The maximum absolute atomic E-state index is 12.9. The minimum atomic E-state index is -0.564. The topological polar surface area (TPSA) is 74.8 Å². The van der Waals surface area contributed by atoms with Crippen molar-refractivity contribution in [3.8, 4) is 22.3 Å². The van der Waals surface area contributed by atoms with E-state index in [1.165, 1.54) is 32.1 Å². The van der Waals surface area contributed by atoms with Crippen molar-refractivity contribution < 1.29 is 19.2 Å². The molecule has 6 rings (SSSR count). The number of amides is 4. The Morgan fingerprint density at radius 2 is 0.962 bits per heavy atom. The smallest absolute Gasteiger partial charge is 0.235 e. The van der Waals surface area contributed by atoms with E-state index in [9.17, 15) is 19.2 Å². The van der Waals surface area contributed by atoms with Gasteiger partial charge >= 0.3 is 0 Å². The predicted molar refractivity (Wildman–Crippen MR) is 214 cm³/mol. The van der Waals surface area contributed by atoms with E-state index in [2.05, 4.69) is 72.8 Å². The van der Waals surface area contributed by atoms with Gasteiger partial charge in [-0.3, -0.25) is 29.0 Å². The van der Waals surface area contributed by atoms with E-state index in [0.717, 1.165) is 17.5 Å². The lowest BCUT2D eigenvalue weighted by molar-refractivity contribution is -0.152. The van der Waals surface area contributed by atoms with Gasteiger partial charge in [-0.25, -0.2) is 0 Å². The number of carbonyl (C=O) groups is 4. The zero-order valence-electron chi connectivity index (χ0n) is 33.0. The number of carbonyl (C=O) groups excluding carboxylic acids is 4. The van der Waals surface area contributed by atoms with Crippen molar-refractivity contribution in [2.45, 2.75) is 100 Å². The number of nitrogens with zero attached hydrogens (tertiary/aromatic N) is 2. The first kappa shape index (κ1) is 39.4. The fourth-order valence-corrected chi connectivity index (χ4v) is 7.35. The lowest BCUT2D eigenvalue weighted by Crippen LogP contribution is -2.46. The van der Waals surface area contributed by atoms with Gasteiger partial charge in [0.1, 0.15) is 0 Å². The summed E-state index contributed by atoms with van der Waals surface area (Å²) in [5, 5.41) is 0. The van der Waals surface area contributed by atoms with Crippen molar-refractivity contribution in [1.82, 2.24) is 9.80 Å². The van der Waals surface area contributed by atoms with Crippen LogP contribution in [0.1, 0.15) is 86.3 Å². The zero-order chi connectivity index (χ0) is 38.7. The monoisotopic (exact) mass is 712 g/mol. The van der Waals surface area contributed by atoms with Gasteiger partial charge in [0.2, 0.25) is 23.6 Å². The zero-order valence-corrected chi connectivity index (χ0v) is 33.0. The van der Waals surface area contributed by atoms with Gasteiger partial charge in [0.15, 0.2) is 0 Å². The molecule has 278 valence electrons. The van der Waals surface area contributed by atoms with Gasteiger partial charge in [-0.15, -0.1) is 0 Å². The highest BCUT2D eigenvalue weighted by atomic mass is 16.2. The first-order chi connectivity index (χ1) is 24.9. The molecule has 1 unspecified atom stereocenters. The third-order valence-electron chi connectivity index (χ3n) is 10.3. The standard InChI is InChI=1S/C24H29NO2.C23H27NO2/c1-23(2,3)21(26)25-20(16-24(4,5)22(25)27)15-17-11-13-19(14-12-17)18-9-7-6-8-10-18;1-16-14-20(24(21(16)25)22(26)23(2,3)4)15-17-10-12-19(13-11-17)18-8-6-5-7-9-18/h6-14,20H,15-16H2,1-5H3;5-13,16,20H,14-15H2,1-4H3/t20-;16?,20-/m10/s1. The first-order valence-corrected chi connectivity index (χ1v) is 18.9. The van der Waals surface area contributed by atoms with Crippen LogP contribution < -0.4 is 0 Å². The maximum atomic E-state index is 12.9. The Morgan fingerprint density at radius 1 is 0.585 bits per heavy atom. The van der Waals surface area contributed by atoms with Gasteiger partial charge in [-0.1, -0.05) is 172 Å². The molecule has 6 nitrogen and oxygen atoms in total. The molecule has 53 heavy (non-hydrogen) atoms. The maximum Gasteiger partial charge on any atom is 0.235 e. The molecule has 0 bridgehead atoms. The van der Waals surface area contributed by atoms with Crippen LogP contribution in [0.15, 0.2) is 109 Å². The summed E-state index contributed by atoms with van der Waals surface area (Å²) < 4.78 is 0. The number of benzene rings is 4. The van der Waals surface area contributed by atoms with Crippen molar-refractivity contribution in [3.05, 3.63) is 120 Å². The Kier molecular flexibility index (Phi) is 11.6. The molecule has 2 heterocycles. The molecule has 0 aromatic heterocycles. The van der Waals surface area contributed by atoms with Crippen molar-refractivity contribution in [2.75, 3.05) is 0 Å². The van der Waals surface area contributed by atoms with Gasteiger partial charge in [0.05, 0.1) is 0 Å². The van der Waals surface area contributed by atoms with Crippen molar-refractivity contribution in [2.24, 2.45) is 22.2 Å². The first-order valence-electron chi connectivity index (χ1n) is 18.9. The van der Waals surface area contributed by atoms with Crippen LogP contribution in [0.25, 0.3) is 22.3 Å². The van der Waals surface area contributed by atoms with Gasteiger partial charge in [0.25, 0.3) is 0 Å². The summed E-state index contributed by atoms with van der Waals surface area (Å²) in [6.45, 7) is 17.0. The lowest BCUT2D eigenvalue weighted by Gasteiger charge is -2.29. The molecular weight excluding hydrogens is 657 g/mol. The van der Waals surface area contributed by atoms with Crippen molar-refractivity contribution >= 4 is 23.6 Å².